The van der Waals surface area contributed by atoms with Crippen LogP contribution in [0.5, 0.6) is 0 Å². The molecule has 31 heavy (non-hydrogen) atoms. The second-order valence-electron chi connectivity index (χ2n) is 8.54. The van der Waals surface area contributed by atoms with Crippen LogP contribution in [-0.4, -0.2) is 57.5 Å². The SMILES string of the molecule is CN=C(NCCCNC(=O)OC(C)(C)C)NCC1(c2cccc(F)c2)CCOCC1.I. The number of ether oxygens (including phenoxy) is 2. The monoisotopic (exact) mass is 550 g/mol. The van der Waals surface area contributed by atoms with E-state index >= 15 is 0 Å². The fourth-order valence-electron chi connectivity index (χ4n) is 3.42. The predicted molar refractivity (Wildman–Crippen MR) is 132 cm³/mol. The first kappa shape index (κ1) is 27.4. The number of carbonyl (C=O) groups excluding carboxylic acids is 1. The molecule has 0 aromatic heterocycles. The highest BCUT2D eigenvalue weighted by Crippen LogP contribution is 2.34. The van der Waals surface area contributed by atoms with Gasteiger partial charge in [0.25, 0.3) is 0 Å². The molecular weight excluding hydrogens is 514 g/mol. The van der Waals surface area contributed by atoms with Gasteiger partial charge in [0.15, 0.2) is 5.96 Å². The maximum Gasteiger partial charge on any atom is 0.407 e. The van der Waals surface area contributed by atoms with Gasteiger partial charge in [0, 0.05) is 45.3 Å². The van der Waals surface area contributed by atoms with Gasteiger partial charge < -0.3 is 25.4 Å². The first-order chi connectivity index (χ1) is 14.2. The second kappa shape index (κ2) is 13.0. The summed E-state index contributed by atoms with van der Waals surface area (Å²) in [5, 5.41) is 9.37. The molecule has 3 N–H and O–H groups in total. The van der Waals surface area contributed by atoms with E-state index in [1.54, 1.807) is 19.2 Å². The molecule has 1 aliphatic rings. The van der Waals surface area contributed by atoms with Crippen molar-refractivity contribution in [3.63, 3.8) is 0 Å². The van der Waals surface area contributed by atoms with E-state index in [4.69, 9.17) is 9.47 Å². The molecule has 2 rings (SSSR count). The van der Waals surface area contributed by atoms with Crippen LogP contribution in [0.1, 0.15) is 45.6 Å². The summed E-state index contributed by atoms with van der Waals surface area (Å²) in [5.41, 5.74) is 0.280. The molecule has 0 aliphatic carbocycles. The van der Waals surface area contributed by atoms with Crippen molar-refractivity contribution in [2.45, 2.75) is 51.0 Å². The first-order valence-corrected chi connectivity index (χ1v) is 10.5. The van der Waals surface area contributed by atoms with E-state index in [1.165, 1.54) is 6.07 Å². The number of guanidine groups is 1. The average Bonchev–Trinajstić information content (AvgIpc) is 2.69. The number of rotatable bonds is 7. The number of benzene rings is 1. The van der Waals surface area contributed by atoms with Crippen molar-refractivity contribution in [1.29, 1.82) is 0 Å². The Balaban J connectivity index is 0.00000480. The largest absolute Gasteiger partial charge is 0.444 e. The van der Waals surface area contributed by atoms with Crippen LogP contribution in [0.2, 0.25) is 0 Å². The van der Waals surface area contributed by atoms with Gasteiger partial charge in [0.05, 0.1) is 0 Å². The highest BCUT2D eigenvalue weighted by atomic mass is 127. The van der Waals surface area contributed by atoms with E-state index in [9.17, 15) is 9.18 Å². The lowest BCUT2D eigenvalue weighted by Gasteiger charge is -2.38. The minimum Gasteiger partial charge on any atom is -0.444 e. The van der Waals surface area contributed by atoms with Crippen LogP contribution in [0, 0.1) is 5.82 Å². The molecule has 0 atom stereocenters. The summed E-state index contributed by atoms with van der Waals surface area (Å²) in [6.07, 6.45) is 1.95. The molecule has 0 bridgehead atoms. The summed E-state index contributed by atoms with van der Waals surface area (Å²) in [6.45, 7) is 8.59. The number of carbonyl (C=O) groups is 1. The van der Waals surface area contributed by atoms with E-state index < -0.39 is 11.7 Å². The van der Waals surface area contributed by atoms with Crippen LogP contribution >= 0.6 is 24.0 Å². The van der Waals surface area contributed by atoms with E-state index in [1.807, 2.05) is 26.8 Å². The molecule has 1 aromatic carbocycles. The highest BCUT2D eigenvalue weighted by Gasteiger charge is 2.34. The quantitative estimate of drug-likeness (QED) is 0.209. The van der Waals surface area contributed by atoms with Crippen molar-refractivity contribution in [3.8, 4) is 0 Å². The minimum absolute atomic E-state index is 0. The number of nitrogens with one attached hydrogen (secondary N) is 3. The Labute approximate surface area is 202 Å². The lowest BCUT2D eigenvalue weighted by atomic mass is 9.74. The Morgan fingerprint density at radius 2 is 1.87 bits per heavy atom. The molecule has 1 aromatic rings. The number of hydrogen-bond acceptors (Lipinski definition) is 4. The number of alkyl carbamates (subject to hydrolysis) is 1. The zero-order valence-electron chi connectivity index (χ0n) is 18.9. The Hall–Kier alpha value is -1.62. The van der Waals surface area contributed by atoms with E-state index in [-0.39, 0.29) is 35.2 Å². The fourth-order valence-corrected chi connectivity index (χ4v) is 3.42. The van der Waals surface area contributed by atoms with E-state index in [0.717, 1.165) is 24.8 Å². The smallest absolute Gasteiger partial charge is 0.407 e. The van der Waals surface area contributed by atoms with Crippen molar-refractivity contribution in [2.75, 3.05) is 39.9 Å². The van der Waals surface area contributed by atoms with Crippen LogP contribution < -0.4 is 16.0 Å². The Morgan fingerprint density at radius 3 is 2.48 bits per heavy atom. The molecule has 0 spiro atoms. The zero-order valence-corrected chi connectivity index (χ0v) is 21.3. The van der Waals surface area contributed by atoms with Crippen molar-refractivity contribution in [1.82, 2.24) is 16.0 Å². The van der Waals surface area contributed by atoms with E-state index in [2.05, 4.69) is 20.9 Å². The number of aliphatic imine (C=N–C) groups is 1. The summed E-state index contributed by atoms with van der Waals surface area (Å²) in [4.78, 5) is 15.9. The van der Waals surface area contributed by atoms with Crippen LogP contribution in [0.15, 0.2) is 29.3 Å². The van der Waals surface area contributed by atoms with Crippen molar-refractivity contribution in [2.24, 2.45) is 4.99 Å². The third-order valence-corrected chi connectivity index (χ3v) is 5.02. The standard InChI is InChI=1S/C22H35FN4O3.HI/c1-21(2,3)30-20(28)26-12-6-11-25-19(24-4)27-16-22(9-13-29-14-10-22)17-7-5-8-18(23)15-17;/h5,7-8,15H,6,9-14,16H2,1-4H3,(H,26,28)(H2,24,25,27);1H. The summed E-state index contributed by atoms with van der Waals surface area (Å²) < 4.78 is 24.6. The molecule has 1 saturated heterocycles. The normalized spacial score (nSPS) is 16.1. The molecule has 1 amide bonds. The van der Waals surface area contributed by atoms with Crippen LogP contribution in [0.25, 0.3) is 0 Å². The molecule has 0 unspecified atom stereocenters. The topological polar surface area (TPSA) is 84.0 Å². The van der Waals surface area contributed by atoms with E-state index in [0.29, 0.717) is 38.8 Å². The Morgan fingerprint density at radius 1 is 1.19 bits per heavy atom. The van der Waals surface area contributed by atoms with Gasteiger partial charge in [-0.1, -0.05) is 12.1 Å². The summed E-state index contributed by atoms with van der Waals surface area (Å²) >= 11 is 0. The van der Waals surface area contributed by atoms with Gasteiger partial charge in [0.1, 0.15) is 11.4 Å². The molecule has 1 heterocycles. The molecule has 7 nitrogen and oxygen atoms in total. The maximum absolute atomic E-state index is 13.8. The van der Waals surface area contributed by atoms with Gasteiger partial charge in [-0.3, -0.25) is 4.99 Å². The number of nitrogens with zero attached hydrogens (tertiary/aromatic N) is 1. The predicted octanol–water partition coefficient (Wildman–Crippen LogP) is 3.57. The van der Waals surface area contributed by atoms with Crippen molar-refractivity contribution < 1.29 is 18.7 Å². The molecule has 9 heteroatoms. The lowest BCUT2D eigenvalue weighted by molar-refractivity contribution is 0.0511. The van der Waals surface area contributed by atoms with Gasteiger partial charge in [-0.05, 0) is 57.7 Å². The summed E-state index contributed by atoms with van der Waals surface area (Å²) in [7, 11) is 1.72. The molecule has 1 fully saturated rings. The number of hydrogen-bond donors (Lipinski definition) is 3. The maximum atomic E-state index is 13.8. The number of amides is 1. The van der Waals surface area contributed by atoms with Crippen LogP contribution in [0.4, 0.5) is 9.18 Å². The van der Waals surface area contributed by atoms with Crippen LogP contribution in [-0.2, 0) is 14.9 Å². The lowest BCUT2D eigenvalue weighted by Crippen LogP contribution is -2.48. The molecule has 176 valence electrons. The van der Waals surface area contributed by atoms with Crippen molar-refractivity contribution in [3.05, 3.63) is 35.6 Å². The Bertz CT molecular complexity index is 719. The Kier molecular flexibility index (Phi) is 11.5. The first-order valence-electron chi connectivity index (χ1n) is 10.5. The van der Waals surface area contributed by atoms with Crippen LogP contribution in [0.3, 0.4) is 0 Å². The average molecular weight is 550 g/mol. The zero-order chi connectivity index (χ0) is 22.0. The summed E-state index contributed by atoms with van der Waals surface area (Å²) in [6, 6.07) is 6.82. The minimum atomic E-state index is -0.504. The highest BCUT2D eigenvalue weighted by molar-refractivity contribution is 14.0. The molecule has 0 radical (unpaired) electrons. The van der Waals surface area contributed by atoms with Gasteiger partial charge >= 0.3 is 6.09 Å². The number of halogens is 2. The van der Waals surface area contributed by atoms with Gasteiger partial charge in [-0.25, -0.2) is 9.18 Å². The third kappa shape index (κ3) is 9.59. The van der Waals surface area contributed by atoms with Gasteiger partial charge in [0.2, 0.25) is 0 Å². The summed E-state index contributed by atoms with van der Waals surface area (Å²) in [5.74, 6) is 0.452. The molecule has 0 saturated carbocycles. The van der Waals surface area contributed by atoms with Gasteiger partial charge in [-0.15, -0.1) is 24.0 Å². The molecule has 1 aliphatic heterocycles. The molecular formula is C22H36FIN4O3. The fraction of sp³-hybridized carbons (Fsp3) is 0.636. The van der Waals surface area contributed by atoms with Crippen molar-refractivity contribution >= 4 is 36.0 Å². The third-order valence-electron chi connectivity index (χ3n) is 5.02. The van der Waals surface area contributed by atoms with Gasteiger partial charge in [-0.2, -0.15) is 0 Å². The second-order valence-corrected chi connectivity index (χ2v) is 8.54.